The molecule has 1 aliphatic rings. The highest BCUT2D eigenvalue weighted by atomic mass is 16.5. The summed E-state index contributed by atoms with van der Waals surface area (Å²) in [5, 5.41) is 11.5. The Bertz CT molecular complexity index is 997. The van der Waals surface area contributed by atoms with Crippen LogP contribution in [0.25, 0.3) is 0 Å². The van der Waals surface area contributed by atoms with E-state index in [2.05, 4.69) is 0 Å². The highest BCUT2D eigenvalue weighted by Gasteiger charge is 2.50. The number of methoxy groups -OCH3 is 1. The molecule has 0 fully saturated rings. The number of carbonyl (C=O) groups excluding carboxylic acids is 1. The van der Waals surface area contributed by atoms with Gasteiger partial charge in [-0.2, -0.15) is 0 Å². The number of hydrogen-bond acceptors (Lipinski definition) is 3. The Hall–Kier alpha value is -3.11. The van der Waals surface area contributed by atoms with E-state index in [1.165, 1.54) is 0 Å². The van der Waals surface area contributed by atoms with Crippen LogP contribution in [0.2, 0.25) is 0 Å². The van der Waals surface area contributed by atoms with Gasteiger partial charge in [0.2, 0.25) is 0 Å². The maximum Gasteiger partial charge on any atom is 0.268 e. The average molecular weight is 359 g/mol. The van der Waals surface area contributed by atoms with Gasteiger partial charge in [-0.15, -0.1) is 0 Å². The fourth-order valence-corrected chi connectivity index (χ4v) is 3.62. The highest BCUT2D eigenvalue weighted by Crippen LogP contribution is 2.45. The van der Waals surface area contributed by atoms with Crippen molar-refractivity contribution in [2.24, 2.45) is 0 Å². The summed E-state index contributed by atoms with van der Waals surface area (Å²) < 4.78 is 5.28. The summed E-state index contributed by atoms with van der Waals surface area (Å²) in [5.74, 6) is 0.400. The zero-order chi connectivity index (χ0) is 19.0. The third-order valence-corrected chi connectivity index (χ3v) is 5.08. The summed E-state index contributed by atoms with van der Waals surface area (Å²) in [4.78, 5) is 15.0. The van der Waals surface area contributed by atoms with E-state index < -0.39 is 5.60 Å². The second-order valence-electron chi connectivity index (χ2n) is 6.84. The minimum Gasteiger partial charge on any atom is -0.497 e. The number of rotatable bonds is 4. The Balaban J connectivity index is 1.78. The summed E-state index contributed by atoms with van der Waals surface area (Å²) in [5.41, 5.74) is 2.26. The summed E-state index contributed by atoms with van der Waals surface area (Å²) in [6, 6.07) is 22.5. The smallest absolute Gasteiger partial charge is 0.268 e. The molecule has 1 heterocycles. The minimum atomic E-state index is -1.68. The fourth-order valence-electron chi connectivity index (χ4n) is 3.62. The predicted octanol–water partition coefficient (Wildman–Crippen LogP) is 3.79. The fraction of sp³-hybridized carbons (Fsp3) is 0.174. The van der Waals surface area contributed by atoms with Crippen molar-refractivity contribution in [1.82, 2.24) is 0 Å². The van der Waals surface area contributed by atoms with Crippen LogP contribution in [0.3, 0.4) is 0 Å². The van der Waals surface area contributed by atoms with Crippen molar-refractivity contribution in [3.05, 3.63) is 95.1 Å². The first-order valence-corrected chi connectivity index (χ1v) is 8.88. The van der Waals surface area contributed by atoms with Gasteiger partial charge in [0.25, 0.3) is 5.91 Å². The molecule has 1 aliphatic heterocycles. The maximum absolute atomic E-state index is 13.4. The molecule has 4 nitrogen and oxygen atoms in total. The zero-order valence-corrected chi connectivity index (χ0v) is 15.3. The number of ether oxygens (including phenoxy) is 1. The normalized spacial score (nSPS) is 18.5. The molecule has 0 radical (unpaired) electrons. The van der Waals surface area contributed by atoms with Gasteiger partial charge < -0.3 is 14.7 Å². The molecule has 4 rings (SSSR count). The first-order chi connectivity index (χ1) is 13.0. The number of amides is 1. The van der Waals surface area contributed by atoms with Crippen LogP contribution in [0.5, 0.6) is 5.75 Å². The van der Waals surface area contributed by atoms with Crippen molar-refractivity contribution in [3.8, 4) is 5.75 Å². The molecule has 27 heavy (non-hydrogen) atoms. The van der Waals surface area contributed by atoms with Crippen LogP contribution in [0.4, 0.5) is 5.69 Å². The minimum absolute atomic E-state index is 0.338. The molecule has 0 spiro atoms. The van der Waals surface area contributed by atoms with Crippen LogP contribution in [0.15, 0.2) is 72.8 Å². The van der Waals surface area contributed by atoms with E-state index in [1.807, 2.05) is 79.7 Å². The molecule has 0 aromatic heterocycles. The van der Waals surface area contributed by atoms with Crippen LogP contribution in [0, 0.1) is 6.92 Å². The Kier molecular flexibility index (Phi) is 4.21. The maximum atomic E-state index is 13.4. The molecule has 136 valence electrons. The average Bonchev–Trinajstić information content (AvgIpc) is 2.92. The number of aryl methyl sites for hydroxylation is 1. The lowest BCUT2D eigenvalue weighted by molar-refractivity contribution is -0.132. The molecule has 0 aliphatic carbocycles. The number of para-hydroxylation sites is 1. The van der Waals surface area contributed by atoms with Crippen LogP contribution in [0.1, 0.15) is 22.3 Å². The van der Waals surface area contributed by atoms with Crippen LogP contribution >= 0.6 is 0 Å². The zero-order valence-electron chi connectivity index (χ0n) is 15.3. The number of hydrogen-bond donors (Lipinski definition) is 1. The molecule has 1 amide bonds. The molecule has 1 N–H and O–H groups in total. The standard InChI is InChI=1S/C23H21NO3/c1-16-10-12-18(13-11-16)23(26)20-8-3-4-9-21(20)24(22(23)25)15-17-6-5-7-19(14-17)27-2/h3-14,26H,15H2,1-2H3/t23-/m1/s1. The summed E-state index contributed by atoms with van der Waals surface area (Å²) in [7, 11) is 1.62. The molecule has 0 unspecified atom stereocenters. The lowest BCUT2D eigenvalue weighted by atomic mass is 9.87. The molecule has 1 atom stereocenters. The van der Waals surface area contributed by atoms with E-state index in [-0.39, 0.29) is 5.91 Å². The van der Waals surface area contributed by atoms with Gasteiger partial charge in [0.05, 0.1) is 19.3 Å². The van der Waals surface area contributed by atoms with Crippen LogP contribution in [-0.2, 0) is 16.9 Å². The Morgan fingerprint density at radius 3 is 2.48 bits per heavy atom. The van der Waals surface area contributed by atoms with Crippen molar-refractivity contribution in [3.63, 3.8) is 0 Å². The topological polar surface area (TPSA) is 49.8 Å². The second-order valence-corrected chi connectivity index (χ2v) is 6.84. The monoisotopic (exact) mass is 359 g/mol. The Morgan fingerprint density at radius 1 is 1.00 bits per heavy atom. The van der Waals surface area contributed by atoms with E-state index in [4.69, 9.17) is 4.74 Å². The van der Waals surface area contributed by atoms with E-state index >= 15 is 0 Å². The molecule has 3 aromatic rings. The van der Waals surface area contributed by atoms with Crippen molar-refractivity contribution in [2.45, 2.75) is 19.1 Å². The summed E-state index contributed by atoms with van der Waals surface area (Å²) in [6.07, 6.45) is 0. The number of carbonyl (C=O) groups is 1. The SMILES string of the molecule is COc1cccc(CN2C(=O)[C@@](O)(c3ccc(C)cc3)c3ccccc32)c1. The molecule has 0 saturated carbocycles. The molecule has 4 heteroatoms. The van der Waals surface area contributed by atoms with E-state index in [9.17, 15) is 9.90 Å². The summed E-state index contributed by atoms with van der Waals surface area (Å²) >= 11 is 0. The third-order valence-electron chi connectivity index (χ3n) is 5.08. The Morgan fingerprint density at radius 2 is 1.74 bits per heavy atom. The van der Waals surface area contributed by atoms with E-state index in [0.29, 0.717) is 17.7 Å². The van der Waals surface area contributed by atoms with Crippen molar-refractivity contribution < 1.29 is 14.6 Å². The largest absolute Gasteiger partial charge is 0.497 e. The highest BCUT2D eigenvalue weighted by molar-refractivity contribution is 6.09. The number of benzene rings is 3. The third kappa shape index (κ3) is 2.78. The van der Waals surface area contributed by atoms with Gasteiger partial charge >= 0.3 is 0 Å². The number of nitrogens with zero attached hydrogens (tertiary/aromatic N) is 1. The predicted molar refractivity (Wildman–Crippen MR) is 105 cm³/mol. The first kappa shape index (κ1) is 17.3. The van der Waals surface area contributed by atoms with Crippen molar-refractivity contribution in [1.29, 1.82) is 0 Å². The van der Waals surface area contributed by atoms with Gasteiger partial charge in [0.15, 0.2) is 5.60 Å². The van der Waals surface area contributed by atoms with E-state index in [1.54, 1.807) is 12.0 Å². The second kappa shape index (κ2) is 6.56. The van der Waals surface area contributed by atoms with Crippen molar-refractivity contribution in [2.75, 3.05) is 12.0 Å². The van der Waals surface area contributed by atoms with E-state index in [0.717, 1.165) is 22.6 Å². The molecule has 0 bridgehead atoms. The van der Waals surface area contributed by atoms with Gasteiger partial charge in [-0.25, -0.2) is 0 Å². The first-order valence-electron chi connectivity index (χ1n) is 8.88. The lowest BCUT2D eigenvalue weighted by Gasteiger charge is -2.24. The van der Waals surface area contributed by atoms with Gasteiger partial charge in [0, 0.05) is 5.56 Å². The quantitative estimate of drug-likeness (QED) is 0.771. The molecular formula is C23H21NO3. The number of aliphatic hydroxyl groups is 1. The molecule has 0 saturated heterocycles. The van der Waals surface area contributed by atoms with Gasteiger partial charge in [-0.05, 0) is 36.2 Å². The Labute approximate surface area is 158 Å². The van der Waals surface area contributed by atoms with Gasteiger partial charge in [-0.1, -0.05) is 60.2 Å². The lowest BCUT2D eigenvalue weighted by Crippen LogP contribution is -2.40. The van der Waals surface area contributed by atoms with Gasteiger partial charge in [0.1, 0.15) is 5.75 Å². The van der Waals surface area contributed by atoms with Crippen LogP contribution < -0.4 is 9.64 Å². The van der Waals surface area contributed by atoms with Crippen molar-refractivity contribution >= 4 is 11.6 Å². The molecule has 3 aromatic carbocycles. The van der Waals surface area contributed by atoms with Crippen LogP contribution in [-0.4, -0.2) is 18.1 Å². The number of anilines is 1. The summed E-state index contributed by atoms with van der Waals surface area (Å²) in [6.45, 7) is 2.34. The number of fused-ring (bicyclic) bond motifs is 1. The molecular weight excluding hydrogens is 338 g/mol. The van der Waals surface area contributed by atoms with Gasteiger partial charge in [-0.3, -0.25) is 4.79 Å².